The topological polar surface area (TPSA) is 42.7 Å². The van der Waals surface area contributed by atoms with E-state index in [2.05, 4.69) is 33.0 Å². The summed E-state index contributed by atoms with van der Waals surface area (Å²) >= 11 is 0. The quantitative estimate of drug-likeness (QED) is 0.915. The highest BCUT2D eigenvalue weighted by molar-refractivity contribution is 5.28. The summed E-state index contributed by atoms with van der Waals surface area (Å²) in [5, 5.41) is 3.43. The van der Waals surface area contributed by atoms with Crippen molar-refractivity contribution in [3.63, 3.8) is 0 Å². The average molecular weight is 256 g/mol. The Labute approximate surface area is 113 Å². The standard InChI is InChI=1S/C15H20N4/c1-16-14(15-18-9-10-19(15)2)12-7-3-5-11-6-4-8-17-13(11)12/h4,6,8-10,12,14,16H,3,5,7H2,1-2H3. The summed E-state index contributed by atoms with van der Waals surface area (Å²) in [7, 11) is 4.06. The van der Waals surface area contributed by atoms with Crippen molar-refractivity contribution in [3.8, 4) is 0 Å². The number of hydrogen-bond donors (Lipinski definition) is 1. The maximum atomic E-state index is 4.63. The van der Waals surface area contributed by atoms with Crippen molar-refractivity contribution in [1.29, 1.82) is 0 Å². The van der Waals surface area contributed by atoms with Crippen LogP contribution in [0.5, 0.6) is 0 Å². The molecule has 0 aliphatic heterocycles. The first-order valence-corrected chi connectivity index (χ1v) is 6.89. The molecule has 2 unspecified atom stereocenters. The number of nitrogens with one attached hydrogen (secondary N) is 1. The van der Waals surface area contributed by atoms with Gasteiger partial charge in [-0.15, -0.1) is 0 Å². The molecule has 0 spiro atoms. The van der Waals surface area contributed by atoms with Crippen LogP contribution in [0.3, 0.4) is 0 Å². The van der Waals surface area contributed by atoms with Crippen LogP contribution >= 0.6 is 0 Å². The molecule has 0 radical (unpaired) electrons. The molecule has 0 bridgehead atoms. The Bertz CT molecular complexity index is 561. The van der Waals surface area contributed by atoms with Gasteiger partial charge in [0.15, 0.2) is 0 Å². The lowest BCUT2D eigenvalue weighted by atomic mass is 9.81. The molecule has 4 heteroatoms. The van der Waals surface area contributed by atoms with Gasteiger partial charge in [-0.3, -0.25) is 4.98 Å². The predicted octanol–water partition coefficient (Wildman–Crippen LogP) is 2.20. The molecule has 0 saturated carbocycles. The summed E-state index contributed by atoms with van der Waals surface area (Å²) in [6, 6.07) is 4.48. The van der Waals surface area contributed by atoms with Gasteiger partial charge in [0, 0.05) is 37.3 Å². The molecule has 2 aromatic heterocycles. The molecular weight excluding hydrogens is 236 g/mol. The molecule has 0 saturated heterocycles. The SMILES string of the molecule is CNC(c1nccn1C)C1CCCc2cccnc21. The van der Waals surface area contributed by atoms with Gasteiger partial charge in [0.2, 0.25) is 0 Å². The summed E-state index contributed by atoms with van der Waals surface area (Å²) in [6.45, 7) is 0. The maximum absolute atomic E-state index is 4.63. The van der Waals surface area contributed by atoms with E-state index in [1.807, 2.05) is 31.7 Å². The van der Waals surface area contributed by atoms with Crippen LogP contribution < -0.4 is 5.32 Å². The molecule has 2 aromatic rings. The summed E-state index contributed by atoms with van der Waals surface area (Å²) in [5.74, 6) is 1.50. The number of fused-ring (bicyclic) bond motifs is 1. The molecule has 1 aliphatic rings. The average Bonchev–Trinajstić information content (AvgIpc) is 2.86. The zero-order valence-corrected chi connectivity index (χ0v) is 11.5. The number of rotatable bonds is 3. The van der Waals surface area contributed by atoms with Crippen molar-refractivity contribution in [2.75, 3.05) is 7.05 Å². The molecule has 100 valence electrons. The van der Waals surface area contributed by atoms with Gasteiger partial charge in [0.1, 0.15) is 5.82 Å². The second-order valence-corrected chi connectivity index (χ2v) is 5.21. The largest absolute Gasteiger partial charge is 0.337 e. The lowest BCUT2D eigenvalue weighted by molar-refractivity contribution is 0.394. The van der Waals surface area contributed by atoms with Crippen LogP contribution in [0.2, 0.25) is 0 Å². The van der Waals surface area contributed by atoms with Gasteiger partial charge in [-0.25, -0.2) is 4.98 Å². The highest BCUT2D eigenvalue weighted by Gasteiger charge is 2.31. The third-order valence-corrected chi connectivity index (χ3v) is 4.09. The third kappa shape index (κ3) is 2.16. The second kappa shape index (κ2) is 5.13. The van der Waals surface area contributed by atoms with E-state index in [4.69, 9.17) is 0 Å². The minimum absolute atomic E-state index is 0.231. The van der Waals surface area contributed by atoms with E-state index in [1.165, 1.54) is 24.1 Å². The first-order chi connectivity index (χ1) is 9.31. The smallest absolute Gasteiger partial charge is 0.126 e. The number of aryl methyl sites for hydroxylation is 2. The Morgan fingerprint density at radius 3 is 3.00 bits per heavy atom. The number of nitrogens with zero attached hydrogens (tertiary/aromatic N) is 3. The molecule has 0 amide bonds. The van der Waals surface area contributed by atoms with E-state index in [0.717, 1.165) is 12.2 Å². The fourth-order valence-corrected chi connectivity index (χ4v) is 3.16. The summed E-state index contributed by atoms with van der Waals surface area (Å²) in [5.41, 5.74) is 2.64. The Hall–Kier alpha value is -1.68. The molecule has 2 heterocycles. The molecule has 3 rings (SSSR count). The maximum Gasteiger partial charge on any atom is 0.126 e. The second-order valence-electron chi connectivity index (χ2n) is 5.21. The van der Waals surface area contributed by atoms with Gasteiger partial charge in [-0.2, -0.15) is 0 Å². The zero-order valence-electron chi connectivity index (χ0n) is 11.5. The van der Waals surface area contributed by atoms with E-state index in [-0.39, 0.29) is 6.04 Å². The van der Waals surface area contributed by atoms with Crippen molar-refractivity contribution >= 4 is 0 Å². The number of imidazole rings is 1. The summed E-state index contributed by atoms with van der Waals surface area (Å²) in [6.07, 6.45) is 9.32. The van der Waals surface area contributed by atoms with Gasteiger partial charge in [0.05, 0.1) is 6.04 Å². The van der Waals surface area contributed by atoms with Crippen LogP contribution in [0.25, 0.3) is 0 Å². The van der Waals surface area contributed by atoms with Crippen LogP contribution in [0.15, 0.2) is 30.7 Å². The summed E-state index contributed by atoms with van der Waals surface area (Å²) < 4.78 is 2.10. The molecule has 4 nitrogen and oxygen atoms in total. The lowest BCUT2D eigenvalue weighted by Gasteiger charge is -2.30. The minimum atomic E-state index is 0.231. The van der Waals surface area contributed by atoms with Crippen LogP contribution in [0.1, 0.15) is 41.9 Å². The number of likely N-dealkylation sites (N-methyl/N-ethyl adjacent to an activating group) is 1. The van der Waals surface area contributed by atoms with Gasteiger partial charge in [-0.05, 0) is 37.9 Å². The normalized spacial score (nSPS) is 20.0. The third-order valence-electron chi connectivity index (χ3n) is 4.09. The molecule has 19 heavy (non-hydrogen) atoms. The highest BCUT2D eigenvalue weighted by Crippen LogP contribution is 2.38. The molecule has 2 atom stereocenters. The fourth-order valence-electron chi connectivity index (χ4n) is 3.16. The Morgan fingerprint density at radius 2 is 2.26 bits per heavy atom. The predicted molar refractivity (Wildman–Crippen MR) is 74.9 cm³/mol. The first-order valence-electron chi connectivity index (χ1n) is 6.89. The van der Waals surface area contributed by atoms with Crippen LogP contribution in [0.4, 0.5) is 0 Å². The van der Waals surface area contributed by atoms with Gasteiger partial charge < -0.3 is 9.88 Å². The molecule has 1 aliphatic carbocycles. The number of hydrogen-bond acceptors (Lipinski definition) is 3. The Balaban J connectivity index is 2.00. The molecule has 0 fully saturated rings. The highest BCUT2D eigenvalue weighted by atomic mass is 15.1. The monoisotopic (exact) mass is 256 g/mol. The van der Waals surface area contributed by atoms with Crippen molar-refractivity contribution in [2.45, 2.75) is 31.2 Å². The molecule has 0 aromatic carbocycles. The minimum Gasteiger partial charge on any atom is -0.337 e. The van der Waals surface area contributed by atoms with E-state index < -0.39 is 0 Å². The number of pyridine rings is 1. The van der Waals surface area contributed by atoms with E-state index in [1.54, 1.807) is 0 Å². The Kier molecular flexibility index (Phi) is 3.34. The van der Waals surface area contributed by atoms with Crippen molar-refractivity contribution in [1.82, 2.24) is 19.9 Å². The van der Waals surface area contributed by atoms with Gasteiger partial charge in [-0.1, -0.05) is 6.07 Å². The Morgan fingerprint density at radius 1 is 1.37 bits per heavy atom. The van der Waals surface area contributed by atoms with E-state index in [9.17, 15) is 0 Å². The molecular formula is C15H20N4. The van der Waals surface area contributed by atoms with Crippen LogP contribution in [0, 0.1) is 0 Å². The van der Waals surface area contributed by atoms with E-state index in [0.29, 0.717) is 5.92 Å². The van der Waals surface area contributed by atoms with Crippen LogP contribution in [-0.2, 0) is 13.5 Å². The van der Waals surface area contributed by atoms with E-state index >= 15 is 0 Å². The summed E-state index contributed by atoms with van der Waals surface area (Å²) in [4.78, 5) is 9.14. The first kappa shape index (κ1) is 12.4. The lowest BCUT2D eigenvalue weighted by Crippen LogP contribution is -2.29. The fraction of sp³-hybridized carbons (Fsp3) is 0.467. The van der Waals surface area contributed by atoms with Gasteiger partial charge >= 0.3 is 0 Å². The van der Waals surface area contributed by atoms with Gasteiger partial charge in [0.25, 0.3) is 0 Å². The molecule has 1 N–H and O–H groups in total. The van der Waals surface area contributed by atoms with Crippen LogP contribution in [-0.4, -0.2) is 21.6 Å². The van der Waals surface area contributed by atoms with Crippen molar-refractivity contribution in [3.05, 3.63) is 47.8 Å². The zero-order chi connectivity index (χ0) is 13.2. The van der Waals surface area contributed by atoms with Crippen molar-refractivity contribution < 1.29 is 0 Å². The van der Waals surface area contributed by atoms with Crippen molar-refractivity contribution in [2.24, 2.45) is 7.05 Å². The number of aromatic nitrogens is 3.